The Morgan fingerprint density at radius 2 is 1.88 bits per heavy atom. The highest BCUT2D eigenvalue weighted by atomic mass is 15.0. The molecule has 1 heterocycles. The zero-order valence-corrected chi connectivity index (χ0v) is 10.4. The van der Waals surface area contributed by atoms with Crippen molar-refractivity contribution < 1.29 is 0 Å². The van der Waals surface area contributed by atoms with Crippen LogP contribution in [0.2, 0.25) is 0 Å². The molecule has 1 aromatic carbocycles. The second-order valence-corrected chi connectivity index (χ2v) is 4.43. The van der Waals surface area contributed by atoms with Gasteiger partial charge in [0.05, 0.1) is 0 Å². The highest BCUT2D eigenvalue weighted by molar-refractivity contribution is 5.83. The third kappa shape index (κ3) is 2.13. The summed E-state index contributed by atoms with van der Waals surface area (Å²) >= 11 is 0. The molecule has 0 N–H and O–H groups in total. The third-order valence-electron chi connectivity index (χ3n) is 3.25. The first-order valence-electron chi connectivity index (χ1n) is 6.43. The molecule has 0 unspecified atom stereocenters. The Morgan fingerprint density at radius 3 is 2.62 bits per heavy atom. The molecular weight excluding hydrogens is 194 g/mol. The normalized spacial score (nSPS) is 11.1. The zero-order valence-electron chi connectivity index (χ0n) is 10.4. The monoisotopic (exact) mass is 215 g/mol. The summed E-state index contributed by atoms with van der Waals surface area (Å²) in [5, 5.41) is 1.43. The fraction of sp³-hybridized carbons (Fsp3) is 0.467. The summed E-state index contributed by atoms with van der Waals surface area (Å²) in [5.41, 5.74) is 2.88. The second kappa shape index (κ2) is 5.20. The molecule has 86 valence electrons. The van der Waals surface area contributed by atoms with Crippen LogP contribution in [0.15, 0.2) is 30.5 Å². The molecule has 1 heteroatoms. The van der Waals surface area contributed by atoms with Gasteiger partial charge < -0.3 is 4.57 Å². The number of rotatable bonds is 5. The molecule has 0 radical (unpaired) electrons. The van der Waals surface area contributed by atoms with E-state index < -0.39 is 0 Å². The van der Waals surface area contributed by atoms with Crippen LogP contribution in [0.5, 0.6) is 0 Å². The fourth-order valence-electron chi connectivity index (χ4n) is 2.32. The van der Waals surface area contributed by atoms with Gasteiger partial charge in [0.1, 0.15) is 0 Å². The standard InChI is InChI=1S/C15H21N/c1-3-5-8-11-16-12-13(4-2)14-9-6-7-10-15(14)16/h6-7,9-10,12H,3-5,8,11H2,1-2H3. The average molecular weight is 215 g/mol. The number of benzene rings is 1. The van der Waals surface area contributed by atoms with Crippen molar-refractivity contribution in [3.05, 3.63) is 36.0 Å². The fourth-order valence-corrected chi connectivity index (χ4v) is 2.32. The van der Waals surface area contributed by atoms with Gasteiger partial charge in [-0.3, -0.25) is 0 Å². The lowest BCUT2D eigenvalue weighted by Crippen LogP contribution is -1.95. The summed E-state index contributed by atoms with van der Waals surface area (Å²) in [5.74, 6) is 0. The summed E-state index contributed by atoms with van der Waals surface area (Å²) < 4.78 is 2.42. The first-order valence-corrected chi connectivity index (χ1v) is 6.43. The smallest absolute Gasteiger partial charge is 0.0483 e. The Labute approximate surface area is 98.1 Å². The van der Waals surface area contributed by atoms with Crippen molar-refractivity contribution in [3.8, 4) is 0 Å². The number of hydrogen-bond acceptors (Lipinski definition) is 0. The number of hydrogen-bond donors (Lipinski definition) is 0. The van der Waals surface area contributed by atoms with Gasteiger partial charge in [-0.15, -0.1) is 0 Å². The lowest BCUT2D eigenvalue weighted by molar-refractivity contribution is 0.615. The molecule has 0 amide bonds. The number of para-hydroxylation sites is 1. The van der Waals surface area contributed by atoms with Crippen LogP contribution >= 0.6 is 0 Å². The molecule has 0 aliphatic carbocycles. The van der Waals surface area contributed by atoms with Gasteiger partial charge >= 0.3 is 0 Å². The summed E-state index contributed by atoms with van der Waals surface area (Å²) in [7, 11) is 0. The van der Waals surface area contributed by atoms with E-state index in [4.69, 9.17) is 0 Å². The van der Waals surface area contributed by atoms with E-state index in [0.29, 0.717) is 0 Å². The van der Waals surface area contributed by atoms with Gasteiger partial charge in [-0.25, -0.2) is 0 Å². The quantitative estimate of drug-likeness (QED) is 0.652. The van der Waals surface area contributed by atoms with Crippen LogP contribution in [-0.4, -0.2) is 4.57 Å². The minimum absolute atomic E-state index is 1.13. The van der Waals surface area contributed by atoms with Crippen LogP contribution in [0.4, 0.5) is 0 Å². The molecule has 1 nitrogen and oxygen atoms in total. The number of aryl methyl sites for hydroxylation is 2. The lowest BCUT2D eigenvalue weighted by Gasteiger charge is -2.03. The van der Waals surface area contributed by atoms with Crippen molar-refractivity contribution in [3.63, 3.8) is 0 Å². The van der Waals surface area contributed by atoms with E-state index in [0.717, 1.165) is 13.0 Å². The average Bonchev–Trinajstić information content (AvgIpc) is 2.68. The maximum Gasteiger partial charge on any atom is 0.0483 e. The molecule has 0 bridgehead atoms. The van der Waals surface area contributed by atoms with Gasteiger partial charge in [0, 0.05) is 23.6 Å². The SMILES string of the molecule is CCCCCn1cc(CC)c2ccccc21. The lowest BCUT2D eigenvalue weighted by atomic mass is 10.1. The van der Waals surface area contributed by atoms with E-state index in [9.17, 15) is 0 Å². The van der Waals surface area contributed by atoms with Crippen molar-refractivity contribution >= 4 is 10.9 Å². The Balaban J connectivity index is 2.30. The van der Waals surface area contributed by atoms with Gasteiger partial charge in [0.25, 0.3) is 0 Å². The minimum atomic E-state index is 1.13. The molecule has 16 heavy (non-hydrogen) atoms. The molecule has 0 spiro atoms. The van der Waals surface area contributed by atoms with Crippen LogP contribution in [0.1, 0.15) is 38.7 Å². The molecule has 2 aromatic rings. The van der Waals surface area contributed by atoms with Crippen molar-refractivity contribution in [2.45, 2.75) is 46.1 Å². The zero-order chi connectivity index (χ0) is 11.4. The third-order valence-corrected chi connectivity index (χ3v) is 3.25. The van der Waals surface area contributed by atoms with Crippen LogP contribution in [0.25, 0.3) is 10.9 Å². The predicted octanol–water partition coefficient (Wildman–Crippen LogP) is 4.39. The topological polar surface area (TPSA) is 4.93 Å². The van der Waals surface area contributed by atoms with Gasteiger partial charge in [0.2, 0.25) is 0 Å². The largest absolute Gasteiger partial charge is 0.347 e. The van der Waals surface area contributed by atoms with Gasteiger partial charge in [-0.05, 0) is 24.5 Å². The molecular formula is C15H21N. The number of unbranched alkanes of at least 4 members (excludes halogenated alkanes) is 2. The molecule has 0 saturated carbocycles. The summed E-state index contributed by atoms with van der Waals surface area (Å²) in [6.07, 6.45) is 7.37. The Bertz CT molecular complexity index is 453. The van der Waals surface area contributed by atoms with E-state index in [-0.39, 0.29) is 0 Å². The summed E-state index contributed by atoms with van der Waals surface area (Å²) in [4.78, 5) is 0. The molecule has 0 aliphatic heterocycles. The Hall–Kier alpha value is -1.24. The maximum absolute atomic E-state index is 2.42. The van der Waals surface area contributed by atoms with Crippen molar-refractivity contribution in [2.75, 3.05) is 0 Å². The molecule has 0 atom stereocenters. The van der Waals surface area contributed by atoms with Crippen molar-refractivity contribution in [2.24, 2.45) is 0 Å². The first-order chi connectivity index (χ1) is 7.86. The van der Waals surface area contributed by atoms with E-state index in [1.165, 1.54) is 35.7 Å². The van der Waals surface area contributed by atoms with E-state index >= 15 is 0 Å². The minimum Gasteiger partial charge on any atom is -0.347 e. The Kier molecular flexibility index (Phi) is 3.66. The highest BCUT2D eigenvalue weighted by Gasteiger charge is 2.05. The van der Waals surface area contributed by atoms with Crippen LogP contribution in [-0.2, 0) is 13.0 Å². The second-order valence-electron chi connectivity index (χ2n) is 4.43. The van der Waals surface area contributed by atoms with Crippen molar-refractivity contribution in [1.82, 2.24) is 4.57 Å². The Morgan fingerprint density at radius 1 is 1.06 bits per heavy atom. The van der Waals surface area contributed by atoms with Crippen LogP contribution in [0.3, 0.4) is 0 Å². The van der Waals surface area contributed by atoms with E-state index in [2.05, 4.69) is 48.9 Å². The molecule has 0 fully saturated rings. The maximum atomic E-state index is 2.42. The van der Waals surface area contributed by atoms with Gasteiger partial charge in [0.15, 0.2) is 0 Å². The number of aromatic nitrogens is 1. The molecule has 0 aliphatic rings. The van der Waals surface area contributed by atoms with E-state index in [1.54, 1.807) is 0 Å². The summed E-state index contributed by atoms with van der Waals surface area (Å²) in [6, 6.07) is 8.75. The van der Waals surface area contributed by atoms with Crippen molar-refractivity contribution in [1.29, 1.82) is 0 Å². The highest BCUT2D eigenvalue weighted by Crippen LogP contribution is 2.22. The van der Waals surface area contributed by atoms with E-state index in [1.807, 2.05) is 0 Å². The first kappa shape index (κ1) is 11.3. The van der Waals surface area contributed by atoms with Crippen LogP contribution in [0, 0.1) is 0 Å². The number of nitrogens with zero attached hydrogens (tertiary/aromatic N) is 1. The van der Waals surface area contributed by atoms with Crippen LogP contribution < -0.4 is 0 Å². The molecule has 1 aromatic heterocycles. The number of fused-ring (bicyclic) bond motifs is 1. The molecule has 2 rings (SSSR count). The predicted molar refractivity (Wildman–Crippen MR) is 70.8 cm³/mol. The van der Waals surface area contributed by atoms with Gasteiger partial charge in [-0.1, -0.05) is 44.9 Å². The molecule has 0 saturated heterocycles. The van der Waals surface area contributed by atoms with Gasteiger partial charge in [-0.2, -0.15) is 0 Å². The summed E-state index contributed by atoms with van der Waals surface area (Å²) in [6.45, 7) is 5.65.